The van der Waals surface area contributed by atoms with Crippen molar-refractivity contribution in [2.45, 2.75) is 16.7 Å². The number of sulfone groups is 1. The molecule has 2 rings (SSSR count). The topological polar surface area (TPSA) is 118 Å². The molecule has 128 valence electrons. The van der Waals surface area contributed by atoms with E-state index in [4.69, 9.17) is 5.11 Å². The number of sulfonamides is 1. The van der Waals surface area contributed by atoms with Gasteiger partial charge in [0.2, 0.25) is 0 Å². The Morgan fingerprint density at radius 2 is 1.71 bits per heavy atom. The van der Waals surface area contributed by atoms with Gasteiger partial charge < -0.3 is 5.11 Å². The molecule has 2 aromatic rings. The van der Waals surface area contributed by atoms with Crippen molar-refractivity contribution in [2.75, 3.05) is 11.0 Å². The maximum absolute atomic E-state index is 12.5. The standard InChI is InChI=1S/C15H15NO6S2/c1-10-6-7-13(23(2,19)20)9-14(10)24(21,22)16-12-5-3-4-11(8-12)15(17)18/h3-9,16H,1-2H3,(H,17,18). The van der Waals surface area contributed by atoms with Crippen LogP contribution in [0.25, 0.3) is 0 Å². The molecule has 0 atom stereocenters. The summed E-state index contributed by atoms with van der Waals surface area (Å²) in [7, 11) is -7.64. The molecular formula is C15H15NO6S2. The molecule has 0 aromatic heterocycles. The highest BCUT2D eigenvalue weighted by molar-refractivity contribution is 7.93. The third-order valence-electron chi connectivity index (χ3n) is 3.24. The Hall–Kier alpha value is -2.39. The Balaban J connectivity index is 2.48. The molecule has 0 fully saturated rings. The van der Waals surface area contributed by atoms with Gasteiger partial charge in [-0.1, -0.05) is 12.1 Å². The molecule has 0 saturated carbocycles. The van der Waals surface area contributed by atoms with Crippen molar-refractivity contribution in [3.05, 3.63) is 53.6 Å². The lowest BCUT2D eigenvalue weighted by molar-refractivity contribution is 0.0697. The highest BCUT2D eigenvalue weighted by Gasteiger charge is 2.20. The Morgan fingerprint density at radius 3 is 2.29 bits per heavy atom. The number of carboxylic acids is 1. The summed E-state index contributed by atoms with van der Waals surface area (Å²) in [6.07, 6.45) is 0.984. The Kier molecular flexibility index (Phi) is 4.68. The van der Waals surface area contributed by atoms with E-state index in [1.807, 2.05) is 0 Å². The molecule has 0 unspecified atom stereocenters. The van der Waals surface area contributed by atoms with Crippen molar-refractivity contribution in [2.24, 2.45) is 0 Å². The molecule has 2 N–H and O–H groups in total. The maximum atomic E-state index is 12.5. The first-order chi connectivity index (χ1) is 11.0. The summed E-state index contributed by atoms with van der Waals surface area (Å²) in [6.45, 7) is 1.54. The van der Waals surface area contributed by atoms with Crippen molar-refractivity contribution in [3.8, 4) is 0 Å². The molecule has 2 aromatic carbocycles. The summed E-state index contributed by atoms with van der Waals surface area (Å²) >= 11 is 0. The average Bonchev–Trinajstić information content (AvgIpc) is 2.46. The number of aryl methyl sites for hydroxylation is 1. The quantitative estimate of drug-likeness (QED) is 0.831. The average molecular weight is 369 g/mol. The minimum Gasteiger partial charge on any atom is -0.478 e. The molecule has 0 amide bonds. The van der Waals surface area contributed by atoms with Crippen LogP contribution >= 0.6 is 0 Å². The van der Waals surface area contributed by atoms with Gasteiger partial charge in [0.05, 0.1) is 15.4 Å². The summed E-state index contributed by atoms with van der Waals surface area (Å²) in [5.41, 5.74) is 0.361. The van der Waals surface area contributed by atoms with Gasteiger partial charge in [0.15, 0.2) is 9.84 Å². The van der Waals surface area contributed by atoms with E-state index < -0.39 is 25.8 Å². The summed E-state index contributed by atoms with van der Waals surface area (Å²) in [5.74, 6) is -1.19. The zero-order chi connectivity index (χ0) is 18.1. The molecule has 24 heavy (non-hydrogen) atoms. The van der Waals surface area contributed by atoms with Gasteiger partial charge in [0, 0.05) is 11.9 Å². The van der Waals surface area contributed by atoms with Gasteiger partial charge >= 0.3 is 5.97 Å². The smallest absolute Gasteiger partial charge is 0.335 e. The SMILES string of the molecule is Cc1ccc(S(C)(=O)=O)cc1S(=O)(=O)Nc1cccc(C(=O)O)c1. The fourth-order valence-electron chi connectivity index (χ4n) is 2.03. The maximum Gasteiger partial charge on any atom is 0.335 e. The van der Waals surface area contributed by atoms with Crippen LogP contribution in [0.1, 0.15) is 15.9 Å². The number of carbonyl (C=O) groups is 1. The van der Waals surface area contributed by atoms with Crippen molar-refractivity contribution in [3.63, 3.8) is 0 Å². The summed E-state index contributed by atoms with van der Waals surface area (Å²) < 4.78 is 50.6. The zero-order valence-electron chi connectivity index (χ0n) is 12.8. The number of rotatable bonds is 5. The second kappa shape index (κ2) is 6.25. The van der Waals surface area contributed by atoms with Crippen molar-refractivity contribution < 1.29 is 26.7 Å². The number of aromatic carboxylic acids is 1. The van der Waals surface area contributed by atoms with Crippen LogP contribution in [-0.2, 0) is 19.9 Å². The van der Waals surface area contributed by atoms with E-state index in [1.54, 1.807) is 0 Å². The predicted octanol–water partition coefficient (Wildman–Crippen LogP) is 1.90. The molecular weight excluding hydrogens is 354 g/mol. The van der Waals surface area contributed by atoms with Crippen LogP contribution in [0.5, 0.6) is 0 Å². The van der Waals surface area contributed by atoms with E-state index >= 15 is 0 Å². The van der Waals surface area contributed by atoms with E-state index in [1.165, 1.54) is 43.3 Å². The minimum absolute atomic E-state index is 0.0686. The third kappa shape index (κ3) is 3.92. The molecule has 0 aliphatic heterocycles. The van der Waals surface area contributed by atoms with Gasteiger partial charge in [-0.25, -0.2) is 21.6 Å². The summed E-state index contributed by atoms with van der Waals surface area (Å²) in [4.78, 5) is 10.6. The van der Waals surface area contributed by atoms with Crippen LogP contribution in [0.2, 0.25) is 0 Å². The van der Waals surface area contributed by atoms with Gasteiger partial charge in [0.1, 0.15) is 0 Å². The highest BCUT2D eigenvalue weighted by atomic mass is 32.2. The van der Waals surface area contributed by atoms with Crippen LogP contribution in [-0.4, -0.2) is 34.2 Å². The monoisotopic (exact) mass is 369 g/mol. The Bertz CT molecular complexity index is 1010. The number of anilines is 1. The molecule has 0 aliphatic rings. The van der Waals surface area contributed by atoms with Gasteiger partial charge in [-0.05, 0) is 42.8 Å². The molecule has 0 bridgehead atoms. The first kappa shape index (κ1) is 18.0. The second-order valence-electron chi connectivity index (χ2n) is 5.19. The largest absolute Gasteiger partial charge is 0.478 e. The van der Waals surface area contributed by atoms with Crippen LogP contribution in [0.4, 0.5) is 5.69 Å². The Morgan fingerprint density at radius 1 is 1.04 bits per heavy atom. The number of hydrogen-bond acceptors (Lipinski definition) is 5. The summed E-state index contributed by atoms with van der Waals surface area (Å²) in [6, 6.07) is 9.12. The van der Waals surface area contributed by atoms with Crippen LogP contribution < -0.4 is 4.72 Å². The summed E-state index contributed by atoms with van der Waals surface area (Å²) in [5, 5.41) is 8.95. The van der Waals surface area contributed by atoms with E-state index in [9.17, 15) is 21.6 Å². The number of nitrogens with one attached hydrogen (secondary N) is 1. The first-order valence-electron chi connectivity index (χ1n) is 6.67. The molecule has 0 saturated heterocycles. The fraction of sp³-hybridized carbons (Fsp3) is 0.133. The van der Waals surface area contributed by atoms with Crippen LogP contribution in [0.15, 0.2) is 52.3 Å². The lowest BCUT2D eigenvalue weighted by Crippen LogP contribution is -2.15. The lowest BCUT2D eigenvalue weighted by atomic mass is 10.2. The van der Waals surface area contributed by atoms with Crippen LogP contribution in [0.3, 0.4) is 0 Å². The van der Waals surface area contributed by atoms with E-state index in [0.717, 1.165) is 12.3 Å². The van der Waals surface area contributed by atoms with Crippen molar-refractivity contribution in [1.82, 2.24) is 0 Å². The number of carboxylic acid groups (broad SMARTS) is 1. The molecule has 0 spiro atoms. The first-order valence-corrected chi connectivity index (χ1v) is 10.0. The number of benzene rings is 2. The lowest BCUT2D eigenvalue weighted by Gasteiger charge is -2.12. The van der Waals surface area contributed by atoms with Gasteiger partial charge in [0.25, 0.3) is 10.0 Å². The molecule has 0 heterocycles. The second-order valence-corrected chi connectivity index (χ2v) is 8.86. The van der Waals surface area contributed by atoms with Gasteiger partial charge in [-0.2, -0.15) is 0 Å². The number of hydrogen-bond donors (Lipinski definition) is 2. The van der Waals surface area contributed by atoms with Gasteiger partial charge in [-0.3, -0.25) is 4.72 Å². The van der Waals surface area contributed by atoms with E-state index in [0.29, 0.717) is 5.56 Å². The highest BCUT2D eigenvalue weighted by Crippen LogP contribution is 2.23. The predicted molar refractivity (Wildman–Crippen MR) is 88.5 cm³/mol. The van der Waals surface area contributed by atoms with Gasteiger partial charge in [-0.15, -0.1) is 0 Å². The van der Waals surface area contributed by atoms with Crippen molar-refractivity contribution >= 4 is 31.5 Å². The minimum atomic E-state index is -4.08. The van der Waals surface area contributed by atoms with Crippen molar-refractivity contribution in [1.29, 1.82) is 0 Å². The molecule has 7 nitrogen and oxygen atoms in total. The molecule has 0 radical (unpaired) electrons. The zero-order valence-corrected chi connectivity index (χ0v) is 14.5. The molecule has 9 heteroatoms. The van der Waals surface area contributed by atoms with Crippen LogP contribution in [0, 0.1) is 6.92 Å². The van der Waals surface area contributed by atoms with E-state index in [-0.39, 0.29) is 21.0 Å². The Labute approximate surface area is 139 Å². The molecule has 0 aliphatic carbocycles. The van der Waals surface area contributed by atoms with E-state index in [2.05, 4.69) is 4.72 Å². The fourth-order valence-corrected chi connectivity index (χ4v) is 4.07. The third-order valence-corrected chi connectivity index (χ3v) is 5.87. The normalized spacial score (nSPS) is 11.9.